The minimum Gasteiger partial charge on any atom is -0.480 e. The molecule has 2 aliphatic rings. The van der Waals surface area contributed by atoms with Crippen molar-refractivity contribution >= 4 is 23.8 Å². The first kappa shape index (κ1) is 17.9. The number of nitrogens with zero attached hydrogens (tertiary/aromatic N) is 2. The van der Waals surface area contributed by atoms with Crippen LogP contribution < -0.4 is 5.32 Å². The number of nitrogens with one attached hydrogen (secondary N) is 1. The number of hydrogen-bond donors (Lipinski definition) is 2. The molecule has 0 unspecified atom stereocenters. The van der Waals surface area contributed by atoms with E-state index in [1.54, 1.807) is 19.1 Å². The Labute approximate surface area is 150 Å². The number of aryl methyl sites for hydroxylation is 1. The lowest BCUT2D eigenvalue weighted by Crippen LogP contribution is -2.47. The molecule has 3 rings (SSSR count). The van der Waals surface area contributed by atoms with Crippen LogP contribution in [-0.4, -0.2) is 57.9 Å². The average Bonchev–Trinajstić information content (AvgIpc) is 3.16. The highest BCUT2D eigenvalue weighted by Crippen LogP contribution is 2.29. The van der Waals surface area contributed by atoms with Gasteiger partial charge in [-0.05, 0) is 32.3 Å². The van der Waals surface area contributed by atoms with Crippen LogP contribution in [-0.2, 0) is 19.9 Å². The zero-order valence-corrected chi connectivity index (χ0v) is 14.7. The molecule has 8 nitrogen and oxygen atoms in total. The van der Waals surface area contributed by atoms with Gasteiger partial charge in [-0.25, -0.2) is 9.59 Å². The van der Waals surface area contributed by atoms with E-state index in [4.69, 9.17) is 0 Å². The Bertz CT molecular complexity index is 776. The smallest absolute Gasteiger partial charge is 0.326 e. The van der Waals surface area contributed by atoms with Gasteiger partial charge in [-0.3, -0.25) is 14.5 Å². The van der Waals surface area contributed by atoms with Crippen molar-refractivity contribution in [3.8, 4) is 0 Å². The van der Waals surface area contributed by atoms with E-state index in [1.807, 2.05) is 19.1 Å². The SMILES string of the molecule is Cc1ccc([C@@]2(C)NC(=O)N(CC(=O)N3CCC[C@@H]3C(=O)O)C2=O)cc1. The van der Waals surface area contributed by atoms with Gasteiger partial charge in [0.1, 0.15) is 18.1 Å². The number of carbonyl (C=O) groups is 4. The second-order valence-corrected chi connectivity index (χ2v) is 6.90. The van der Waals surface area contributed by atoms with E-state index in [-0.39, 0.29) is 0 Å². The number of carboxylic acid groups (broad SMARTS) is 1. The van der Waals surface area contributed by atoms with E-state index < -0.39 is 41.9 Å². The number of carboxylic acids is 1. The first-order valence-electron chi connectivity index (χ1n) is 8.47. The molecule has 2 N–H and O–H groups in total. The normalized spacial score (nSPS) is 25.5. The Hall–Kier alpha value is -2.90. The molecule has 138 valence electrons. The summed E-state index contributed by atoms with van der Waals surface area (Å²) >= 11 is 0. The summed E-state index contributed by atoms with van der Waals surface area (Å²) in [5, 5.41) is 11.8. The van der Waals surface area contributed by atoms with Gasteiger partial charge in [0.2, 0.25) is 5.91 Å². The summed E-state index contributed by atoms with van der Waals surface area (Å²) in [6.45, 7) is 3.36. The van der Waals surface area contributed by atoms with Gasteiger partial charge in [0.05, 0.1) is 0 Å². The lowest BCUT2D eigenvalue weighted by molar-refractivity contribution is -0.149. The van der Waals surface area contributed by atoms with Crippen LogP contribution in [0, 0.1) is 6.92 Å². The number of likely N-dealkylation sites (tertiary alicyclic amines) is 1. The van der Waals surface area contributed by atoms with Crippen LogP contribution in [0.3, 0.4) is 0 Å². The molecular weight excluding hydrogens is 338 g/mol. The fourth-order valence-electron chi connectivity index (χ4n) is 3.47. The van der Waals surface area contributed by atoms with E-state index in [0.29, 0.717) is 24.9 Å². The van der Waals surface area contributed by atoms with Gasteiger partial charge in [-0.2, -0.15) is 0 Å². The van der Waals surface area contributed by atoms with Crippen LogP contribution in [0.5, 0.6) is 0 Å². The maximum atomic E-state index is 12.8. The third-order valence-corrected chi connectivity index (χ3v) is 5.06. The maximum Gasteiger partial charge on any atom is 0.326 e. The number of aliphatic carboxylic acids is 1. The second-order valence-electron chi connectivity index (χ2n) is 6.90. The molecule has 1 aromatic carbocycles. The predicted molar refractivity (Wildman–Crippen MR) is 91.1 cm³/mol. The number of urea groups is 1. The summed E-state index contributed by atoms with van der Waals surface area (Å²) in [5.41, 5.74) is 0.401. The highest BCUT2D eigenvalue weighted by molar-refractivity contribution is 6.09. The molecule has 2 saturated heterocycles. The van der Waals surface area contributed by atoms with Crippen molar-refractivity contribution < 1.29 is 24.3 Å². The molecule has 2 heterocycles. The summed E-state index contributed by atoms with van der Waals surface area (Å²) in [7, 11) is 0. The number of amides is 4. The molecule has 8 heteroatoms. The summed E-state index contributed by atoms with van der Waals surface area (Å²) in [5.74, 6) is -2.13. The second kappa shape index (κ2) is 6.44. The maximum absolute atomic E-state index is 12.8. The van der Waals surface area contributed by atoms with Crippen molar-refractivity contribution in [2.75, 3.05) is 13.1 Å². The van der Waals surface area contributed by atoms with Crippen molar-refractivity contribution in [1.82, 2.24) is 15.1 Å². The molecule has 26 heavy (non-hydrogen) atoms. The largest absolute Gasteiger partial charge is 0.480 e. The number of carbonyl (C=O) groups excluding carboxylic acids is 3. The molecule has 2 aliphatic heterocycles. The molecule has 0 spiro atoms. The highest BCUT2D eigenvalue weighted by atomic mass is 16.4. The minimum absolute atomic E-state index is 0.314. The van der Waals surface area contributed by atoms with Crippen LogP contribution in [0.2, 0.25) is 0 Å². The van der Waals surface area contributed by atoms with Gasteiger partial charge in [0, 0.05) is 6.54 Å². The van der Waals surface area contributed by atoms with Crippen molar-refractivity contribution in [2.45, 2.75) is 38.3 Å². The molecule has 1 aromatic rings. The standard InChI is InChI=1S/C18H21N3O5/c1-11-5-7-12(8-6-11)18(2)16(25)21(17(26)19-18)10-14(22)20-9-3-4-13(20)15(23)24/h5-8,13H,3-4,9-10H2,1-2H3,(H,19,26)(H,23,24)/t13-,18-/m1/s1. The van der Waals surface area contributed by atoms with Gasteiger partial charge in [-0.1, -0.05) is 29.8 Å². The lowest BCUT2D eigenvalue weighted by atomic mass is 9.91. The van der Waals surface area contributed by atoms with E-state index in [0.717, 1.165) is 10.5 Å². The van der Waals surface area contributed by atoms with Gasteiger partial charge in [0.15, 0.2) is 0 Å². The number of rotatable bonds is 4. The molecule has 0 radical (unpaired) electrons. The molecule has 4 amide bonds. The van der Waals surface area contributed by atoms with Crippen molar-refractivity contribution in [3.63, 3.8) is 0 Å². The molecule has 0 aromatic heterocycles. The zero-order valence-electron chi connectivity index (χ0n) is 14.7. The number of benzene rings is 1. The van der Waals surface area contributed by atoms with Crippen molar-refractivity contribution in [3.05, 3.63) is 35.4 Å². The summed E-state index contributed by atoms with van der Waals surface area (Å²) in [4.78, 5) is 51.0. The van der Waals surface area contributed by atoms with Crippen LogP contribution >= 0.6 is 0 Å². The minimum atomic E-state index is -1.25. The van der Waals surface area contributed by atoms with Crippen molar-refractivity contribution in [1.29, 1.82) is 0 Å². The highest BCUT2D eigenvalue weighted by Gasteiger charge is 2.50. The molecule has 0 bridgehead atoms. The quantitative estimate of drug-likeness (QED) is 0.775. The molecule has 0 aliphatic carbocycles. The Morgan fingerprint density at radius 3 is 2.54 bits per heavy atom. The third kappa shape index (κ3) is 2.91. The Balaban J connectivity index is 1.78. The van der Waals surface area contributed by atoms with Crippen LogP contribution in [0.1, 0.15) is 30.9 Å². The topological polar surface area (TPSA) is 107 Å². The fourth-order valence-corrected chi connectivity index (χ4v) is 3.47. The van der Waals surface area contributed by atoms with E-state index in [2.05, 4.69) is 5.32 Å². The van der Waals surface area contributed by atoms with E-state index in [1.165, 1.54) is 4.90 Å². The average molecular weight is 359 g/mol. The van der Waals surface area contributed by atoms with E-state index in [9.17, 15) is 24.3 Å². The van der Waals surface area contributed by atoms with E-state index >= 15 is 0 Å². The number of hydrogen-bond acceptors (Lipinski definition) is 4. The molecule has 2 fully saturated rings. The first-order valence-corrected chi connectivity index (χ1v) is 8.47. The van der Waals surface area contributed by atoms with Crippen LogP contribution in [0.25, 0.3) is 0 Å². The van der Waals surface area contributed by atoms with Crippen LogP contribution in [0.15, 0.2) is 24.3 Å². The van der Waals surface area contributed by atoms with Gasteiger partial charge in [0.25, 0.3) is 5.91 Å². The summed E-state index contributed by atoms with van der Waals surface area (Å²) in [6, 6.07) is 5.66. The number of imide groups is 1. The molecule has 0 saturated carbocycles. The summed E-state index contributed by atoms with van der Waals surface area (Å²) < 4.78 is 0. The lowest BCUT2D eigenvalue weighted by Gasteiger charge is -2.25. The fraction of sp³-hybridized carbons (Fsp3) is 0.444. The van der Waals surface area contributed by atoms with Crippen LogP contribution in [0.4, 0.5) is 4.79 Å². The Kier molecular flexibility index (Phi) is 4.43. The summed E-state index contributed by atoms with van der Waals surface area (Å²) in [6.07, 6.45) is 0.965. The van der Waals surface area contributed by atoms with Gasteiger partial charge < -0.3 is 15.3 Å². The Morgan fingerprint density at radius 2 is 1.92 bits per heavy atom. The predicted octanol–water partition coefficient (Wildman–Crippen LogP) is 0.838. The monoisotopic (exact) mass is 359 g/mol. The van der Waals surface area contributed by atoms with Crippen molar-refractivity contribution in [2.24, 2.45) is 0 Å². The molecule has 2 atom stereocenters. The molecular formula is C18H21N3O5. The third-order valence-electron chi connectivity index (χ3n) is 5.06. The Morgan fingerprint density at radius 1 is 1.27 bits per heavy atom. The zero-order chi connectivity index (χ0) is 19.1. The van der Waals surface area contributed by atoms with Gasteiger partial charge in [-0.15, -0.1) is 0 Å². The van der Waals surface area contributed by atoms with Gasteiger partial charge >= 0.3 is 12.0 Å². The first-order chi connectivity index (χ1) is 12.2.